The molecule has 0 unspecified atom stereocenters. The van der Waals surface area contributed by atoms with Crippen LogP contribution in [-0.4, -0.2) is 31.6 Å². The number of rotatable bonds is 6. The molecule has 2 N–H and O–H groups in total. The number of pyridine rings is 1. The summed E-state index contributed by atoms with van der Waals surface area (Å²) in [6.45, 7) is 6.38. The summed E-state index contributed by atoms with van der Waals surface area (Å²) >= 11 is 0. The number of anilines is 1. The summed E-state index contributed by atoms with van der Waals surface area (Å²) in [5, 5.41) is 6.67. The van der Waals surface area contributed by atoms with Crippen molar-refractivity contribution >= 4 is 11.8 Å². The molecule has 128 valence electrons. The molecule has 0 saturated heterocycles. The van der Waals surface area contributed by atoms with Gasteiger partial charge in [-0.2, -0.15) is 0 Å². The topological polar surface area (TPSA) is 52.6 Å². The number of hydrogen-bond donors (Lipinski definition) is 2. The van der Waals surface area contributed by atoms with Gasteiger partial charge in [-0.05, 0) is 37.1 Å². The Morgan fingerprint density at radius 1 is 1.12 bits per heavy atom. The molecular weight excluding hydrogens is 298 g/mol. The van der Waals surface area contributed by atoms with Gasteiger partial charge in [-0.15, -0.1) is 0 Å². The molecule has 0 amide bonds. The van der Waals surface area contributed by atoms with Crippen molar-refractivity contribution in [1.29, 1.82) is 0 Å². The zero-order chi connectivity index (χ0) is 17.4. The van der Waals surface area contributed by atoms with Gasteiger partial charge in [0.2, 0.25) is 0 Å². The summed E-state index contributed by atoms with van der Waals surface area (Å²) in [5.74, 6) is 1.78. The fraction of sp³-hybridized carbons (Fsp3) is 0.368. The zero-order valence-corrected chi connectivity index (χ0v) is 15.0. The molecule has 0 aliphatic carbocycles. The van der Waals surface area contributed by atoms with Crippen molar-refractivity contribution in [2.45, 2.75) is 26.9 Å². The van der Waals surface area contributed by atoms with Crippen LogP contribution in [0.2, 0.25) is 0 Å². The Bertz CT molecular complexity index is 679. The third-order valence-corrected chi connectivity index (χ3v) is 3.57. The van der Waals surface area contributed by atoms with E-state index in [0.717, 1.165) is 18.3 Å². The molecule has 1 aromatic carbocycles. The van der Waals surface area contributed by atoms with E-state index in [1.165, 1.54) is 16.7 Å². The molecule has 1 heterocycles. The first-order valence-corrected chi connectivity index (χ1v) is 8.28. The molecule has 0 radical (unpaired) electrons. The van der Waals surface area contributed by atoms with Gasteiger partial charge in [-0.1, -0.05) is 29.8 Å². The van der Waals surface area contributed by atoms with Gasteiger partial charge in [0.05, 0.1) is 6.54 Å². The van der Waals surface area contributed by atoms with Crippen LogP contribution in [0.25, 0.3) is 0 Å². The lowest BCUT2D eigenvalue weighted by atomic mass is 10.1. The van der Waals surface area contributed by atoms with Crippen LogP contribution in [0, 0.1) is 6.92 Å². The lowest BCUT2D eigenvalue weighted by Gasteiger charge is -2.14. The Morgan fingerprint density at radius 2 is 1.96 bits per heavy atom. The van der Waals surface area contributed by atoms with Crippen LogP contribution in [0.5, 0.6) is 0 Å². The number of guanidine groups is 1. The molecule has 5 heteroatoms. The summed E-state index contributed by atoms with van der Waals surface area (Å²) in [6, 6.07) is 12.5. The van der Waals surface area contributed by atoms with Gasteiger partial charge >= 0.3 is 0 Å². The molecule has 0 atom stereocenters. The van der Waals surface area contributed by atoms with E-state index >= 15 is 0 Å². The maximum absolute atomic E-state index is 4.67. The highest BCUT2D eigenvalue weighted by molar-refractivity contribution is 5.79. The number of benzene rings is 1. The van der Waals surface area contributed by atoms with Gasteiger partial charge < -0.3 is 15.5 Å². The zero-order valence-electron chi connectivity index (χ0n) is 15.0. The summed E-state index contributed by atoms with van der Waals surface area (Å²) < 4.78 is 0. The number of nitrogens with one attached hydrogen (secondary N) is 2. The van der Waals surface area contributed by atoms with E-state index in [-0.39, 0.29) is 0 Å². The Balaban J connectivity index is 2.00. The van der Waals surface area contributed by atoms with Crippen LogP contribution in [-0.2, 0) is 13.1 Å². The highest BCUT2D eigenvalue weighted by atomic mass is 15.2. The SMILES string of the molecule is CCNC(=NCc1cccc(C)c1)NCc1ccnc(N(C)C)c1. The van der Waals surface area contributed by atoms with Crippen molar-refractivity contribution < 1.29 is 0 Å². The normalized spacial score (nSPS) is 11.2. The average Bonchev–Trinajstić information content (AvgIpc) is 2.57. The molecule has 0 aliphatic heterocycles. The Kier molecular flexibility index (Phi) is 6.61. The Morgan fingerprint density at radius 3 is 2.67 bits per heavy atom. The number of aromatic nitrogens is 1. The molecular formula is C19H27N5. The second-order valence-electron chi connectivity index (χ2n) is 5.95. The summed E-state index contributed by atoms with van der Waals surface area (Å²) in [5.41, 5.74) is 3.65. The fourth-order valence-electron chi connectivity index (χ4n) is 2.32. The average molecular weight is 325 g/mol. The summed E-state index contributed by atoms with van der Waals surface area (Å²) in [6.07, 6.45) is 1.84. The van der Waals surface area contributed by atoms with Crippen LogP contribution in [0.1, 0.15) is 23.6 Å². The van der Waals surface area contributed by atoms with E-state index in [2.05, 4.69) is 64.8 Å². The summed E-state index contributed by atoms with van der Waals surface area (Å²) in [7, 11) is 3.99. The van der Waals surface area contributed by atoms with Crippen LogP contribution in [0.4, 0.5) is 5.82 Å². The van der Waals surface area contributed by atoms with Gasteiger partial charge in [0, 0.05) is 33.4 Å². The van der Waals surface area contributed by atoms with Crippen molar-refractivity contribution in [3.05, 3.63) is 59.3 Å². The van der Waals surface area contributed by atoms with E-state index in [4.69, 9.17) is 0 Å². The van der Waals surface area contributed by atoms with Gasteiger partial charge in [-0.3, -0.25) is 0 Å². The van der Waals surface area contributed by atoms with E-state index in [0.29, 0.717) is 13.1 Å². The third-order valence-electron chi connectivity index (χ3n) is 3.57. The minimum absolute atomic E-state index is 0.663. The van der Waals surface area contributed by atoms with Crippen molar-refractivity contribution in [2.75, 3.05) is 25.5 Å². The number of nitrogens with zero attached hydrogens (tertiary/aromatic N) is 3. The highest BCUT2D eigenvalue weighted by Gasteiger charge is 2.02. The van der Waals surface area contributed by atoms with Crippen molar-refractivity contribution in [1.82, 2.24) is 15.6 Å². The molecule has 0 fully saturated rings. The van der Waals surface area contributed by atoms with Crippen molar-refractivity contribution in [2.24, 2.45) is 4.99 Å². The molecule has 0 spiro atoms. The van der Waals surface area contributed by atoms with Gasteiger partial charge in [0.15, 0.2) is 5.96 Å². The first-order chi connectivity index (χ1) is 11.6. The minimum Gasteiger partial charge on any atom is -0.363 e. The first kappa shape index (κ1) is 17.8. The van der Waals surface area contributed by atoms with Crippen molar-refractivity contribution in [3.8, 4) is 0 Å². The van der Waals surface area contributed by atoms with Crippen molar-refractivity contribution in [3.63, 3.8) is 0 Å². The molecule has 1 aromatic heterocycles. The molecule has 2 aromatic rings. The predicted octanol–water partition coefficient (Wildman–Crippen LogP) is 2.71. The van der Waals surface area contributed by atoms with Crippen LogP contribution < -0.4 is 15.5 Å². The minimum atomic E-state index is 0.663. The fourth-order valence-corrected chi connectivity index (χ4v) is 2.32. The van der Waals surface area contributed by atoms with E-state index in [1.54, 1.807) is 0 Å². The number of aryl methyl sites for hydroxylation is 1. The molecule has 0 aliphatic rings. The smallest absolute Gasteiger partial charge is 0.191 e. The molecule has 24 heavy (non-hydrogen) atoms. The van der Waals surface area contributed by atoms with E-state index < -0.39 is 0 Å². The quantitative estimate of drug-likeness (QED) is 0.633. The van der Waals surface area contributed by atoms with E-state index in [9.17, 15) is 0 Å². The highest BCUT2D eigenvalue weighted by Crippen LogP contribution is 2.09. The standard InChI is InChI=1S/C19H27N5/c1-5-20-19(22-13-16-8-6-7-15(2)11-16)23-14-17-9-10-21-18(12-17)24(3)4/h6-12H,5,13-14H2,1-4H3,(H2,20,22,23). The lowest BCUT2D eigenvalue weighted by Crippen LogP contribution is -2.36. The van der Waals surface area contributed by atoms with Gasteiger partial charge in [0.1, 0.15) is 5.82 Å². The van der Waals surface area contributed by atoms with Gasteiger partial charge in [0.25, 0.3) is 0 Å². The summed E-state index contributed by atoms with van der Waals surface area (Å²) in [4.78, 5) is 11.0. The third kappa shape index (κ3) is 5.57. The van der Waals surface area contributed by atoms with Gasteiger partial charge in [-0.25, -0.2) is 9.98 Å². The molecule has 2 rings (SSSR count). The maximum atomic E-state index is 4.67. The number of aliphatic imine (C=N–C) groups is 1. The Labute approximate surface area is 144 Å². The van der Waals surface area contributed by atoms with Crippen LogP contribution in [0.15, 0.2) is 47.6 Å². The largest absolute Gasteiger partial charge is 0.363 e. The second-order valence-corrected chi connectivity index (χ2v) is 5.95. The van der Waals surface area contributed by atoms with E-state index in [1.807, 2.05) is 31.3 Å². The predicted molar refractivity (Wildman–Crippen MR) is 101 cm³/mol. The van der Waals surface area contributed by atoms with Crippen LogP contribution >= 0.6 is 0 Å². The first-order valence-electron chi connectivity index (χ1n) is 8.28. The second kappa shape index (κ2) is 8.91. The monoisotopic (exact) mass is 325 g/mol. The number of hydrogen-bond acceptors (Lipinski definition) is 3. The molecule has 5 nitrogen and oxygen atoms in total. The lowest BCUT2D eigenvalue weighted by molar-refractivity contribution is 0.814. The Hall–Kier alpha value is -2.56. The van der Waals surface area contributed by atoms with Crippen LogP contribution in [0.3, 0.4) is 0 Å². The molecule has 0 bridgehead atoms. The maximum Gasteiger partial charge on any atom is 0.191 e. The molecule has 0 saturated carbocycles.